The molecule has 0 aliphatic carbocycles. The molecule has 0 aromatic heterocycles. The Balaban J connectivity index is 2.01. The van der Waals surface area contributed by atoms with Crippen LogP contribution in [0.5, 0.6) is 0 Å². The summed E-state index contributed by atoms with van der Waals surface area (Å²) in [5, 5.41) is 8.84. The quantitative estimate of drug-likeness (QED) is 0.899. The summed E-state index contributed by atoms with van der Waals surface area (Å²) < 4.78 is 0. The first-order chi connectivity index (χ1) is 9.06. The van der Waals surface area contributed by atoms with E-state index in [1.54, 1.807) is 0 Å². The van der Waals surface area contributed by atoms with E-state index in [1.807, 2.05) is 18.2 Å². The molecule has 0 saturated carbocycles. The van der Waals surface area contributed by atoms with E-state index in [2.05, 4.69) is 29.7 Å². The number of benzene rings is 1. The normalized spacial score (nSPS) is 16.9. The number of nitrogens with zero attached hydrogens (tertiary/aromatic N) is 2. The SMILES string of the molecule is CC(C)N1CCN(c2cccc(CC(=O)O)c2)CC1. The van der Waals surface area contributed by atoms with Crippen molar-refractivity contribution in [1.29, 1.82) is 0 Å². The summed E-state index contributed by atoms with van der Waals surface area (Å²) in [5.41, 5.74) is 2.01. The van der Waals surface area contributed by atoms with E-state index >= 15 is 0 Å². The lowest BCUT2D eigenvalue weighted by Gasteiger charge is -2.38. The first-order valence-electron chi connectivity index (χ1n) is 6.86. The van der Waals surface area contributed by atoms with Gasteiger partial charge in [-0.3, -0.25) is 9.69 Å². The van der Waals surface area contributed by atoms with Crippen LogP contribution in [0, 0.1) is 0 Å². The summed E-state index contributed by atoms with van der Waals surface area (Å²) in [7, 11) is 0. The average Bonchev–Trinajstić information content (AvgIpc) is 2.38. The zero-order chi connectivity index (χ0) is 13.8. The van der Waals surface area contributed by atoms with Crippen molar-refractivity contribution in [2.24, 2.45) is 0 Å². The number of carboxylic acid groups (broad SMARTS) is 1. The number of piperazine rings is 1. The Morgan fingerprint density at radius 3 is 2.53 bits per heavy atom. The molecule has 0 spiro atoms. The highest BCUT2D eigenvalue weighted by atomic mass is 16.4. The van der Waals surface area contributed by atoms with Gasteiger partial charge in [-0.25, -0.2) is 0 Å². The standard InChI is InChI=1S/C15H22N2O2/c1-12(2)16-6-8-17(9-7-16)14-5-3-4-13(10-14)11-15(18)19/h3-5,10,12H,6-9,11H2,1-2H3,(H,18,19). The molecule has 0 unspecified atom stereocenters. The van der Waals surface area contributed by atoms with Crippen LogP contribution in [0.4, 0.5) is 5.69 Å². The van der Waals surface area contributed by atoms with E-state index in [9.17, 15) is 4.79 Å². The van der Waals surface area contributed by atoms with Crippen molar-refractivity contribution in [3.8, 4) is 0 Å². The Morgan fingerprint density at radius 2 is 1.95 bits per heavy atom. The highest BCUT2D eigenvalue weighted by Crippen LogP contribution is 2.19. The van der Waals surface area contributed by atoms with E-state index in [-0.39, 0.29) is 6.42 Å². The fraction of sp³-hybridized carbons (Fsp3) is 0.533. The van der Waals surface area contributed by atoms with Gasteiger partial charge < -0.3 is 10.0 Å². The number of carboxylic acids is 1. The molecule has 1 N–H and O–H groups in total. The monoisotopic (exact) mass is 262 g/mol. The summed E-state index contributed by atoms with van der Waals surface area (Å²) in [4.78, 5) is 15.6. The van der Waals surface area contributed by atoms with E-state index in [0.29, 0.717) is 6.04 Å². The van der Waals surface area contributed by atoms with Gasteiger partial charge in [0.15, 0.2) is 0 Å². The molecule has 0 atom stereocenters. The van der Waals surface area contributed by atoms with Gasteiger partial charge in [-0.1, -0.05) is 12.1 Å². The van der Waals surface area contributed by atoms with Crippen molar-refractivity contribution in [3.05, 3.63) is 29.8 Å². The summed E-state index contributed by atoms with van der Waals surface area (Å²) in [6, 6.07) is 8.49. The van der Waals surface area contributed by atoms with Gasteiger partial charge in [0.2, 0.25) is 0 Å². The van der Waals surface area contributed by atoms with E-state index < -0.39 is 5.97 Å². The summed E-state index contributed by atoms with van der Waals surface area (Å²) in [5.74, 6) is -0.776. The predicted molar refractivity (Wildman–Crippen MR) is 76.7 cm³/mol. The van der Waals surface area contributed by atoms with Crippen LogP contribution in [0.1, 0.15) is 19.4 Å². The number of rotatable bonds is 4. The maximum Gasteiger partial charge on any atom is 0.307 e. The summed E-state index contributed by atoms with van der Waals surface area (Å²) in [6.45, 7) is 8.61. The van der Waals surface area contributed by atoms with Crippen molar-refractivity contribution in [2.75, 3.05) is 31.1 Å². The molecule has 1 saturated heterocycles. The van der Waals surface area contributed by atoms with Crippen LogP contribution in [0.25, 0.3) is 0 Å². The average molecular weight is 262 g/mol. The molecular formula is C15H22N2O2. The highest BCUT2D eigenvalue weighted by Gasteiger charge is 2.19. The Kier molecular flexibility index (Phi) is 4.43. The van der Waals surface area contributed by atoms with Gasteiger partial charge in [0.05, 0.1) is 6.42 Å². The second-order valence-corrected chi connectivity index (χ2v) is 5.36. The number of aliphatic carboxylic acids is 1. The summed E-state index contributed by atoms with van der Waals surface area (Å²) in [6.07, 6.45) is 0.0970. The van der Waals surface area contributed by atoms with Crippen LogP contribution in [0.3, 0.4) is 0 Å². The zero-order valence-corrected chi connectivity index (χ0v) is 11.7. The second-order valence-electron chi connectivity index (χ2n) is 5.36. The Morgan fingerprint density at radius 1 is 1.26 bits per heavy atom. The van der Waals surface area contributed by atoms with Gasteiger partial charge in [0.1, 0.15) is 0 Å². The molecule has 0 radical (unpaired) electrons. The van der Waals surface area contributed by atoms with Crippen molar-refractivity contribution in [3.63, 3.8) is 0 Å². The van der Waals surface area contributed by atoms with Crippen LogP contribution in [0.15, 0.2) is 24.3 Å². The Bertz CT molecular complexity index is 438. The number of carbonyl (C=O) groups is 1. The van der Waals surface area contributed by atoms with Gasteiger partial charge in [-0.05, 0) is 31.5 Å². The van der Waals surface area contributed by atoms with Crippen molar-refractivity contribution in [1.82, 2.24) is 4.90 Å². The molecule has 4 heteroatoms. The molecular weight excluding hydrogens is 240 g/mol. The molecule has 1 aliphatic rings. The van der Waals surface area contributed by atoms with Crippen LogP contribution >= 0.6 is 0 Å². The predicted octanol–water partition coefficient (Wildman–Crippen LogP) is 1.84. The van der Waals surface area contributed by atoms with E-state index in [1.165, 1.54) is 0 Å². The minimum absolute atomic E-state index is 0.0970. The number of anilines is 1. The lowest BCUT2D eigenvalue weighted by atomic mass is 10.1. The third-order valence-electron chi connectivity index (χ3n) is 3.68. The first-order valence-corrected chi connectivity index (χ1v) is 6.86. The molecule has 1 aromatic carbocycles. The van der Waals surface area contributed by atoms with Crippen molar-refractivity contribution < 1.29 is 9.90 Å². The second kappa shape index (κ2) is 6.06. The van der Waals surface area contributed by atoms with Crippen LogP contribution in [-0.2, 0) is 11.2 Å². The van der Waals surface area contributed by atoms with Gasteiger partial charge >= 0.3 is 5.97 Å². The maximum absolute atomic E-state index is 10.8. The maximum atomic E-state index is 10.8. The van der Waals surface area contributed by atoms with Crippen LogP contribution < -0.4 is 4.90 Å². The van der Waals surface area contributed by atoms with Crippen molar-refractivity contribution >= 4 is 11.7 Å². The molecule has 4 nitrogen and oxygen atoms in total. The first kappa shape index (κ1) is 13.9. The molecule has 0 amide bonds. The lowest BCUT2D eigenvalue weighted by molar-refractivity contribution is -0.136. The molecule has 2 rings (SSSR count). The van der Waals surface area contributed by atoms with Gasteiger partial charge in [0, 0.05) is 37.9 Å². The third kappa shape index (κ3) is 3.70. The minimum atomic E-state index is -0.776. The topological polar surface area (TPSA) is 43.8 Å². The Hall–Kier alpha value is -1.55. The van der Waals surface area contributed by atoms with E-state index in [4.69, 9.17) is 5.11 Å². The largest absolute Gasteiger partial charge is 0.481 e. The zero-order valence-electron chi connectivity index (χ0n) is 11.7. The summed E-state index contributed by atoms with van der Waals surface area (Å²) >= 11 is 0. The van der Waals surface area contributed by atoms with E-state index in [0.717, 1.165) is 37.4 Å². The van der Waals surface area contributed by atoms with Gasteiger partial charge in [0.25, 0.3) is 0 Å². The Labute approximate surface area is 114 Å². The highest BCUT2D eigenvalue weighted by molar-refractivity contribution is 5.70. The third-order valence-corrected chi connectivity index (χ3v) is 3.68. The molecule has 1 aromatic rings. The molecule has 1 fully saturated rings. The van der Waals surface area contributed by atoms with Crippen molar-refractivity contribution in [2.45, 2.75) is 26.3 Å². The number of hydrogen-bond donors (Lipinski definition) is 1. The molecule has 0 bridgehead atoms. The fourth-order valence-electron chi connectivity index (χ4n) is 2.53. The fourth-order valence-corrected chi connectivity index (χ4v) is 2.53. The van der Waals surface area contributed by atoms with Crippen LogP contribution in [-0.4, -0.2) is 48.2 Å². The number of hydrogen-bond acceptors (Lipinski definition) is 3. The molecule has 1 aliphatic heterocycles. The smallest absolute Gasteiger partial charge is 0.307 e. The lowest BCUT2D eigenvalue weighted by Crippen LogP contribution is -2.48. The molecule has 19 heavy (non-hydrogen) atoms. The minimum Gasteiger partial charge on any atom is -0.481 e. The van der Waals surface area contributed by atoms with Crippen LogP contribution in [0.2, 0.25) is 0 Å². The molecule has 104 valence electrons. The van der Waals surface area contributed by atoms with Gasteiger partial charge in [-0.15, -0.1) is 0 Å². The van der Waals surface area contributed by atoms with Gasteiger partial charge in [-0.2, -0.15) is 0 Å². The molecule has 1 heterocycles.